The van der Waals surface area contributed by atoms with Crippen molar-refractivity contribution >= 4 is 39.1 Å². The zero-order chi connectivity index (χ0) is 26.3. The smallest absolute Gasteiger partial charge is 0.244 e. The number of hydrogen-bond donors (Lipinski definition) is 1. The molecule has 2 aromatic rings. The number of rotatable bonds is 11. The molecule has 1 aliphatic carbocycles. The second-order valence-electron chi connectivity index (χ2n) is 8.97. The van der Waals surface area contributed by atoms with E-state index in [-0.39, 0.29) is 24.2 Å². The van der Waals surface area contributed by atoms with E-state index in [0.29, 0.717) is 22.8 Å². The van der Waals surface area contributed by atoms with E-state index in [1.807, 2.05) is 6.92 Å². The molecule has 1 saturated carbocycles. The summed E-state index contributed by atoms with van der Waals surface area (Å²) in [7, 11) is -2.42. The highest BCUT2D eigenvalue weighted by Crippen LogP contribution is 2.30. The van der Waals surface area contributed by atoms with Gasteiger partial charge in [-0.2, -0.15) is 0 Å². The number of para-hydroxylation sites is 2. The van der Waals surface area contributed by atoms with Crippen LogP contribution in [0, 0.1) is 0 Å². The number of carbonyl (C=O) groups excluding carboxylic acids is 2. The van der Waals surface area contributed by atoms with Crippen molar-refractivity contribution in [2.24, 2.45) is 0 Å². The molecule has 1 aliphatic rings. The molecule has 2 amide bonds. The fraction of sp³-hybridized carbons (Fsp3) is 0.462. The maximum absolute atomic E-state index is 13.8. The van der Waals surface area contributed by atoms with Gasteiger partial charge in [0, 0.05) is 17.6 Å². The highest BCUT2D eigenvalue weighted by molar-refractivity contribution is 7.92. The van der Waals surface area contributed by atoms with Gasteiger partial charge in [-0.1, -0.05) is 61.7 Å². The molecule has 1 fully saturated rings. The Morgan fingerprint density at radius 1 is 1.11 bits per heavy atom. The van der Waals surface area contributed by atoms with Gasteiger partial charge in [0.1, 0.15) is 18.3 Å². The number of benzene rings is 2. The summed E-state index contributed by atoms with van der Waals surface area (Å²) in [6, 6.07) is 13.0. The van der Waals surface area contributed by atoms with Gasteiger partial charge in [-0.3, -0.25) is 13.9 Å². The lowest BCUT2D eigenvalue weighted by atomic mass is 10.1. The van der Waals surface area contributed by atoms with Crippen LogP contribution in [-0.4, -0.2) is 57.1 Å². The fourth-order valence-corrected chi connectivity index (χ4v) is 5.58. The third kappa shape index (κ3) is 6.91. The van der Waals surface area contributed by atoms with E-state index in [1.54, 1.807) is 48.5 Å². The van der Waals surface area contributed by atoms with Crippen LogP contribution in [0.5, 0.6) is 5.75 Å². The molecule has 0 bridgehead atoms. The standard InChI is InChI=1S/C26H34ClN3O5S/c1-4-22(26(32)28-20-12-6-7-13-20)29(17-19-11-5-8-14-21(19)27)25(31)18-30(36(3,33)34)23-15-9-10-16-24(23)35-2/h5,8-11,14-16,20,22H,4,6-7,12-13,17-18H2,1-3H3,(H,28,32)/t22-/m1/s1. The Hall–Kier alpha value is -2.78. The SMILES string of the molecule is CC[C@H](C(=O)NC1CCCC1)N(Cc1ccccc1Cl)C(=O)CN(c1ccccc1OC)S(C)(=O)=O. The van der Waals surface area contributed by atoms with E-state index in [4.69, 9.17) is 16.3 Å². The van der Waals surface area contributed by atoms with Crippen molar-refractivity contribution in [1.82, 2.24) is 10.2 Å². The Labute approximate surface area is 218 Å². The lowest BCUT2D eigenvalue weighted by molar-refractivity contribution is -0.140. The first-order valence-corrected chi connectivity index (χ1v) is 14.3. The number of hydrogen-bond acceptors (Lipinski definition) is 5. The summed E-state index contributed by atoms with van der Waals surface area (Å²) in [6.07, 6.45) is 5.35. The summed E-state index contributed by atoms with van der Waals surface area (Å²) in [5.41, 5.74) is 0.917. The van der Waals surface area contributed by atoms with Crippen molar-refractivity contribution in [3.63, 3.8) is 0 Å². The van der Waals surface area contributed by atoms with Gasteiger partial charge in [0.2, 0.25) is 21.8 Å². The Balaban J connectivity index is 1.96. The number of anilines is 1. The van der Waals surface area contributed by atoms with E-state index < -0.39 is 28.5 Å². The molecule has 0 spiro atoms. The highest BCUT2D eigenvalue weighted by atomic mass is 35.5. The minimum absolute atomic E-state index is 0.0681. The van der Waals surface area contributed by atoms with Gasteiger partial charge in [-0.25, -0.2) is 8.42 Å². The van der Waals surface area contributed by atoms with Crippen molar-refractivity contribution in [3.8, 4) is 5.75 Å². The summed E-state index contributed by atoms with van der Waals surface area (Å²) in [5, 5.41) is 3.55. The van der Waals surface area contributed by atoms with Crippen molar-refractivity contribution in [2.45, 2.75) is 57.7 Å². The molecule has 0 saturated heterocycles. The van der Waals surface area contributed by atoms with E-state index >= 15 is 0 Å². The summed E-state index contributed by atoms with van der Waals surface area (Å²) in [4.78, 5) is 28.5. The van der Waals surface area contributed by atoms with Crippen LogP contribution in [0.2, 0.25) is 5.02 Å². The van der Waals surface area contributed by atoms with Gasteiger partial charge in [0.15, 0.2) is 0 Å². The highest BCUT2D eigenvalue weighted by Gasteiger charge is 2.33. The zero-order valence-corrected chi connectivity index (χ0v) is 22.5. The van der Waals surface area contributed by atoms with Crippen LogP contribution < -0.4 is 14.4 Å². The van der Waals surface area contributed by atoms with Crippen LogP contribution in [-0.2, 0) is 26.2 Å². The van der Waals surface area contributed by atoms with Crippen LogP contribution in [0.25, 0.3) is 0 Å². The number of nitrogens with one attached hydrogen (secondary N) is 1. The first-order chi connectivity index (χ1) is 17.2. The van der Waals surface area contributed by atoms with Crippen molar-refractivity contribution < 1.29 is 22.7 Å². The van der Waals surface area contributed by atoms with E-state index in [1.165, 1.54) is 12.0 Å². The van der Waals surface area contributed by atoms with Crippen LogP contribution in [0.4, 0.5) is 5.69 Å². The van der Waals surface area contributed by atoms with Crippen LogP contribution >= 0.6 is 11.6 Å². The zero-order valence-electron chi connectivity index (χ0n) is 20.9. The topological polar surface area (TPSA) is 96.0 Å². The molecule has 196 valence electrons. The summed E-state index contributed by atoms with van der Waals surface area (Å²) >= 11 is 6.39. The molecule has 1 atom stereocenters. The molecule has 2 aromatic carbocycles. The number of amides is 2. The second-order valence-corrected chi connectivity index (χ2v) is 11.3. The molecule has 3 rings (SSSR count). The van der Waals surface area contributed by atoms with Crippen LogP contribution in [0.1, 0.15) is 44.6 Å². The lowest BCUT2D eigenvalue weighted by Gasteiger charge is -2.33. The van der Waals surface area contributed by atoms with Gasteiger partial charge < -0.3 is 15.0 Å². The molecular weight excluding hydrogens is 502 g/mol. The van der Waals surface area contributed by atoms with Gasteiger partial charge in [-0.05, 0) is 43.0 Å². The van der Waals surface area contributed by atoms with Gasteiger partial charge in [0.05, 0.1) is 19.1 Å². The lowest BCUT2D eigenvalue weighted by Crippen LogP contribution is -2.53. The number of methoxy groups -OCH3 is 1. The first-order valence-electron chi connectivity index (χ1n) is 12.1. The predicted octanol–water partition coefficient (Wildman–Crippen LogP) is 3.98. The fourth-order valence-electron chi connectivity index (χ4n) is 4.53. The quantitative estimate of drug-likeness (QED) is 0.469. The Bertz CT molecular complexity index is 1170. The molecule has 36 heavy (non-hydrogen) atoms. The molecular formula is C26H34ClN3O5S. The largest absolute Gasteiger partial charge is 0.495 e. The van der Waals surface area contributed by atoms with E-state index in [9.17, 15) is 18.0 Å². The Morgan fingerprint density at radius 3 is 2.36 bits per heavy atom. The second kappa shape index (κ2) is 12.5. The van der Waals surface area contributed by atoms with Crippen LogP contribution in [0.3, 0.4) is 0 Å². The summed E-state index contributed by atoms with van der Waals surface area (Å²) in [6.45, 7) is 1.41. The number of nitrogens with zero attached hydrogens (tertiary/aromatic N) is 2. The molecule has 0 heterocycles. The number of halogens is 1. The molecule has 8 nitrogen and oxygen atoms in total. The molecule has 0 unspecified atom stereocenters. The number of sulfonamides is 1. The molecule has 0 aromatic heterocycles. The van der Waals surface area contributed by atoms with E-state index in [0.717, 1.165) is 36.2 Å². The minimum atomic E-state index is -3.85. The van der Waals surface area contributed by atoms with Gasteiger partial charge in [-0.15, -0.1) is 0 Å². The molecule has 10 heteroatoms. The Kier molecular flexibility index (Phi) is 9.62. The normalized spacial score (nSPS) is 14.8. The predicted molar refractivity (Wildman–Crippen MR) is 142 cm³/mol. The molecule has 0 aliphatic heterocycles. The van der Waals surface area contributed by atoms with Crippen molar-refractivity contribution in [1.29, 1.82) is 0 Å². The average molecular weight is 536 g/mol. The van der Waals surface area contributed by atoms with E-state index in [2.05, 4.69) is 5.32 Å². The monoisotopic (exact) mass is 535 g/mol. The van der Waals surface area contributed by atoms with Crippen molar-refractivity contribution in [3.05, 3.63) is 59.1 Å². The van der Waals surface area contributed by atoms with Gasteiger partial charge >= 0.3 is 0 Å². The van der Waals surface area contributed by atoms with Gasteiger partial charge in [0.25, 0.3) is 0 Å². The maximum Gasteiger partial charge on any atom is 0.244 e. The third-order valence-corrected chi connectivity index (χ3v) is 7.91. The van der Waals surface area contributed by atoms with Crippen molar-refractivity contribution in [2.75, 3.05) is 24.2 Å². The summed E-state index contributed by atoms with van der Waals surface area (Å²) < 4.78 is 31.9. The number of ether oxygens (including phenoxy) is 1. The molecule has 0 radical (unpaired) electrons. The first kappa shape index (κ1) is 27.8. The summed E-state index contributed by atoms with van der Waals surface area (Å²) in [5.74, 6) is -0.438. The minimum Gasteiger partial charge on any atom is -0.495 e. The third-order valence-electron chi connectivity index (χ3n) is 6.42. The van der Waals surface area contributed by atoms with Crippen LogP contribution in [0.15, 0.2) is 48.5 Å². The average Bonchev–Trinajstić information content (AvgIpc) is 3.35. The molecule has 1 N–H and O–H groups in total. The maximum atomic E-state index is 13.8. The Morgan fingerprint density at radius 2 is 1.75 bits per heavy atom. The number of carbonyl (C=O) groups is 2.